The maximum atomic E-state index is 12.5. The summed E-state index contributed by atoms with van der Waals surface area (Å²) in [5, 5.41) is 5.77. The van der Waals surface area contributed by atoms with E-state index in [2.05, 4.69) is 11.6 Å². The van der Waals surface area contributed by atoms with Crippen LogP contribution in [0.2, 0.25) is 5.02 Å². The van der Waals surface area contributed by atoms with E-state index in [4.69, 9.17) is 16.7 Å². The number of aryl methyl sites for hydroxylation is 1. The fourth-order valence-electron chi connectivity index (χ4n) is 0.968. The molecule has 1 aromatic rings. The van der Waals surface area contributed by atoms with Gasteiger partial charge in [-0.3, -0.25) is 0 Å². The highest BCUT2D eigenvalue weighted by molar-refractivity contribution is 6.31. The van der Waals surface area contributed by atoms with E-state index in [0.29, 0.717) is 5.02 Å². The van der Waals surface area contributed by atoms with Crippen molar-refractivity contribution in [2.24, 2.45) is 0 Å². The molecule has 0 bridgehead atoms. The fraction of sp³-hybridized carbons (Fsp3) is 0.333. The summed E-state index contributed by atoms with van der Waals surface area (Å²) in [5.74, 6) is 0. The monoisotopic (exact) mass is 240 g/mol. The van der Waals surface area contributed by atoms with Gasteiger partial charge in [-0.05, 0) is 35.7 Å². The molecule has 0 aliphatic carbocycles. The minimum Gasteiger partial charge on any atom is -0.381 e. The summed E-state index contributed by atoms with van der Waals surface area (Å²) in [6.07, 6.45) is -2.04. The molecule has 5 heteroatoms. The van der Waals surface area contributed by atoms with E-state index < -0.39 is 11.5 Å². The first kappa shape index (κ1) is 11.7. The van der Waals surface area contributed by atoms with E-state index >= 15 is 0 Å². The molecule has 1 unspecified atom stereocenters. The third-order valence-corrected chi connectivity index (χ3v) is 2.44. The largest absolute Gasteiger partial charge is 0.381 e. The number of aliphatic hydroxyl groups is 1. The van der Waals surface area contributed by atoms with Gasteiger partial charge in [0.05, 0.1) is 0 Å². The Labute approximate surface area is 90.3 Å². The Balaban J connectivity index is 3.03. The van der Waals surface area contributed by atoms with Gasteiger partial charge in [-0.2, -0.15) is 8.78 Å². The Morgan fingerprint density at radius 3 is 2.43 bits per heavy atom. The lowest BCUT2D eigenvalue weighted by molar-refractivity contribution is -0.0424. The van der Waals surface area contributed by atoms with Gasteiger partial charge in [0.2, 0.25) is 0 Å². The zero-order valence-corrected chi connectivity index (χ0v) is 8.78. The van der Waals surface area contributed by atoms with E-state index in [9.17, 15) is 8.78 Å². The summed E-state index contributed by atoms with van der Waals surface area (Å²) in [4.78, 5) is 0. The van der Waals surface area contributed by atoms with Gasteiger partial charge in [-0.15, -0.1) is 0 Å². The average molecular weight is 241 g/mol. The lowest BCUT2D eigenvalue weighted by Crippen LogP contribution is -2.18. The number of halogens is 4. The Kier molecular flexibility index (Phi) is 3.35. The second kappa shape index (κ2) is 4.01. The zero-order valence-electron chi connectivity index (χ0n) is 7.27. The molecule has 0 saturated carbocycles. The average Bonchev–Trinajstić information content (AvgIpc) is 2.07. The van der Waals surface area contributed by atoms with Gasteiger partial charge in [-0.1, -0.05) is 23.7 Å². The first-order valence-corrected chi connectivity index (χ1v) is 4.59. The SMILES string of the molecule is Cc1ccc(C(O)C(F)(F)Cl)cc1Cl. The smallest absolute Gasteiger partial charge is 0.351 e. The lowest BCUT2D eigenvalue weighted by atomic mass is 10.1. The molecule has 1 atom stereocenters. The van der Waals surface area contributed by atoms with Crippen LogP contribution in [0.3, 0.4) is 0 Å². The number of alkyl halides is 3. The molecule has 1 N–H and O–H groups in total. The number of aliphatic hydroxyl groups excluding tert-OH is 1. The van der Waals surface area contributed by atoms with E-state index in [1.54, 1.807) is 13.0 Å². The molecule has 0 saturated heterocycles. The minimum absolute atomic E-state index is 0.000556. The van der Waals surface area contributed by atoms with Crippen molar-refractivity contribution in [3.63, 3.8) is 0 Å². The molecule has 0 fully saturated rings. The summed E-state index contributed by atoms with van der Waals surface area (Å²) in [6.45, 7) is 1.73. The molecule has 0 amide bonds. The summed E-state index contributed by atoms with van der Waals surface area (Å²) < 4.78 is 25.0. The zero-order chi connectivity index (χ0) is 10.9. The van der Waals surface area contributed by atoms with Crippen molar-refractivity contribution in [3.05, 3.63) is 34.3 Å². The van der Waals surface area contributed by atoms with Crippen LogP contribution in [0.4, 0.5) is 8.78 Å². The summed E-state index contributed by atoms with van der Waals surface area (Å²) in [5.41, 5.74) is 0.751. The highest BCUT2D eigenvalue weighted by Gasteiger charge is 2.36. The lowest BCUT2D eigenvalue weighted by Gasteiger charge is -2.16. The molecule has 78 valence electrons. The molecule has 0 radical (unpaired) electrons. The van der Waals surface area contributed by atoms with Crippen LogP contribution in [0.5, 0.6) is 0 Å². The fourth-order valence-corrected chi connectivity index (χ4v) is 1.28. The standard InChI is InChI=1S/C9H8Cl2F2O/c1-5-2-3-6(4-7(5)10)8(14)9(11,12)13/h2-4,8,14H,1H3. The Bertz CT molecular complexity index is 336. The molecule has 1 aromatic carbocycles. The van der Waals surface area contributed by atoms with Crippen LogP contribution in [0.15, 0.2) is 18.2 Å². The van der Waals surface area contributed by atoms with Crippen LogP contribution in [-0.2, 0) is 0 Å². The first-order valence-electron chi connectivity index (χ1n) is 3.83. The molecule has 0 spiro atoms. The highest BCUT2D eigenvalue weighted by atomic mass is 35.5. The number of hydrogen-bond acceptors (Lipinski definition) is 1. The number of benzene rings is 1. The maximum Gasteiger partial charge on any atom is 0.351 e. The van der Waals surface area contributed by atoms with E-state index in [0.717, 1.165) is 5.56 Å². The molecule has 0 aliphatic heterocycles. The molecule has 0 heterocycles. The van der Waals surface area contributed by atoms with Crippen LogP contribution in [-0.4, -0.2) is 10.5 Å². The predicted octanol–water partition coefficient (Wildman–Crippen LogP) is 3.51. The van der Waals surface area contributed by atoms with Crippen molar-refractivity contribution in [1.29, 1.82) is 0 Å². The second-order valence-electron chi connectivity index (χ2n) is 2.95. The van der Waals surface area contributed by atoms with Crippen molar-refractivity contribution in [1.82, 2.24) is 0 Å². The van der Waals surface area contributed by atoms with Crippen LogP contribution in [0.1, 0.15) is 17.2 Å². The molecular formula is C9H8Cl2F2O. The van der Waals surface area contributed by atoms with Gasteiger partial charge in [0.1, 0.15) is 0 Å². The topological polar surface area (TPSA) is 20.2 Å². The minimum atomic E-state index is -3.68. The molecule has 14 heavy (non-hydrogen) atoms. The quantitative estimate of drug-likeness (QED) is 0.785. The third kappa shape index (κ3) is 2.56. The number of rotatable bonds is 2. The van der Waals surface area contributed by atoms with Gasteiger partial charge in [0.25, 0.3) is 0 Å². The van der Waals surface area contributed by atoms with Gasteiger partial charge in [-0.25, -0.2) is 0 Å². The third-order valence-electron chi connectivity index (χ3n) is 1.82. The van der Waals surface area contributed by atoms with Crippen molar-refractivity contribution < 1.29 is 13.9 Å². The summed E-state index contributed by atoms with van der Waals surface area (Å²) >= 11 is 10.4. The van der Waals surface area contributed by atoms with Crippen molar-refractivity contribution >= 4 is 23.2 Å². The molecular weight excluding hydrogens is 233 g/mol. The van der Waals surface area contributed by atoms with Crippen molar-refractivity contribution in [2.45, 2.75) is 18.4 Å². The van der Waals surface area contributed by atoms with Crippen LogP contribution >= 0.6 is 23.2 Å². The molecule has 0 aromatic heterocycles. The summed E-state index contributed by atoms with van der Waals surface area (Å²) in [6, 6.07) is 4.18. The molecule has 1 nitrogen and oxygen atoms in total. The van der Waals surface area contributed by atoms with Crippen LogP contribution in [0.25, 0.3) is 0 Å². The number of hydrogen-bond donors (Lipinski definition) is 1. The van der Waals surface area contributed by atoms with Gasteiger partial charge < -0.3 is 5.11 Å². The van der Waals surface area contributed by atoms with Crippen LogP contribution < -0.4 is 0 Å². The Morgan fingerprint density at radius 2 is 2.00 bits per heavy atom. The summed E-state index contributed by atoms with van der Waals surface area (Å²) in [7, 11) is 0. The predicted molar refractivity (Wildman–Crippen MR) is 51.9 cm³/mol. The Hall–Kier alpha value is -0.380. The normalized spacial score (nSPS) is 14.1. The molecule has 0 aliphatic rings. The van der Waals surface area contributed by atoms with Crippen LogP contribution in [0, 0.1) is 6.92 Å². The first-order chi connectivity index (χ1) is 6.32. The van der Waals surface area contributed by atoms with Crippen molar-refractivity contribution in [2.75, 3.05) is 0 Å². The van der Waals surface area contributed by atoms with Gasteiger partial charge in [0.15, 0.2) is 6.10 Å². The highest BCUT2D eigenvalue weighted by Crippen LogP contribution is 2.35. The van der Waals surface area contributed by atoms with E-state index in [-0.39, 0.29) is 5.56 Å². The van der Waals surface area contributed by atoms with Gasteiger partial charge in [0, 0.05) is 5.02 Å². The van der Waals surface area contributed by atoms with E-state index in [1.165, 1.54) is 12.1 Å². The second-order valence-corrected chi connectivity index (χ2v) is 3.86. The van der Waals surface area contributed by atoms with Crippen molar-refractivity contribution in [3.8, 4) is 0 Å². The van der Waals surface area contributed by atoms with E-state index in [1.807, 2.05) is 0 Å². The van der Waals surface area contributed by atoms with Gasteiger partial charge >= 0.3 is 5.38 Å². The maximum absolute atomic E-state index is 12.5. The Morgan fingerprint density at radius 1 is 1.43 bits per heavy atom. The molecule has 1 rings (SSSR count).